The smallest absolute Gasteiger partial charge is 0.00674 e. The van der Waals surface area contributed by atoms with E-state index in [4.69, 9.17) is 5.73 Å². The maximum atomic E-state index is 6.01. The zero-order valence-electron chi connectivity index (χ0n) is 7.38. The van der Waals surface area contributed by atoms with E-state index in [-0.39, 0.29) is 0 Å². The summed E-state index contributed by atoms with van der Waals surface area (Å²) in [5, 5.41) is 0. The van der Waals surface area contributed by atoms with E-state index in [1.807, 2.05) is 11.8 Å². The Kier molecular flexibility index (Phi) is 4.31. The van der Waals surface area contributed by atoms with E-state index >= 15 is 0 Å². The molecule has 0 aromatic carbocycles. The van der Waals surface area contributed by atoms with E-state index in [1.54, 1.807) is 0 Å². The van der Waals surface area contributed by atoms with Crippen LogP contribution in [0.5, 0.6) is 0 Å². The highest BCUT2D eigenvalue weighted by Gasteiger charge is 2.20. The van der Waals surface area contributed by atoms with Crippen LogP contribution in [0.4, 0.5) is 0 Å². The van der Waals surface area contributed by atoms with Crippen LogP contribution in [-0.2, 0) is 0 Å². The molecular weight excluding hydrogens is 154 g/mol. The van der Waals surface area contributed by atoms with Crippen molar-refractivity contribution in [2.75, 3.05) is 12.0 Å². The van der Waals surface area contributed by atoms with E-state index in [1.165, 1.54) is 37.9 Å². The Bertz CT molecular complexity index is 106. The normalized spacial score (nSPS) is 32.2. The topological polar surface area (TPSA) is 26.0 Å². The number of rotatable bonds is 3. The van der Waals surface area contributed by atoms with E-state index in [0.29, 0.717) is 6.04 Å². The molecule has 1 aliphatic rings. The van der Waals surface area contributed by atoms with Gasteiger partial charge < -0.3 is 5.73 Å². The van der Waals surface area contributed by atoms with Crippen LogP contribution in [-0.4, -0.2) is 18.1 Å². The van der Waals surface area contributed by atoms with Crippen molar-refractivity contribution in [2.24, 2.45) is 11.7 Å². The van der Waals surface area contributed by atoms with Crippen molar-refractivity contribution in [1.82, 2.24) is 0 Å². The first kappa shape index (κ1) is 9.40. The highest BCUT2D eigenvalue weighted by molar-refractivity contribution is 7.98. The van der Waals surface area contributed by atoms with Crippen molar-refractivity contribution in [2.45, 2.75) is 38.1 Å². The third-order valence-corrected chi connectivity index (χ3v) is 3.30. The summed E-state index contributed by atoms with van der Waals surface area (Å²) in [6, 6.07) is 0.510. The molecule has 2 N–H and O–H groups in total. The van der Waals surface area contributed by atoms with E-state index in [9.17, 15) is 0 Å². The van der Waals surface area contributed by atoms with Crippen molar-refractivity contribution < 1.29 is 0 Å². The summed E-state index contributed by atoms with van der Waals surface area (Å²) in [7, 11) is 0. The molecule has 2 unspecified atom stereocenters. The third kappa shape index (κ3) is 3.04. The summed E-state index contributed by atoms with van der Waals surface area (Å²) >= 11 is 1.94. The van der Waals surface area contributed by atoms with Crippen LogP contribution >= 0.6 is 11.8 Å². The molecule has 2 atom stereocenters. The summed E-state index contributed by atoms with van der Waals surface area (Å²) in [6.07, 6.45) is 8.92. The van der Waals surface area contributed by atoms with Gasteiger partial charge in [-0.25, -0.2) is 0 Å². The lowest BCUT2D eigenvalue weighted by Gasteiger charge is -2.28. The van der Waals surface area contributed by atoms with Crippen LogP contribution < -0.4 is 5.73 Å². The van der Waals surface area contributed by atoms with Crippen LogP contribution in [0.3, 0.4) is 0 Å². The standard InChI is InChI=1S/C9H19NS/c1-11-7-6-8-4-2-3-5-9(8)10/h8-9H,2-7,10H2,1H3. The predicted molar refractivity (Wildman–Crippen MR) is 52.9 cm³/mol. The summed E-state index contributed by atoms with van der Waals surface area (Å²) in [5.41, 5.74) is 6.01. The molecule has 66 valence electrons. The van der Waals surface area contributed by atoms with Gasteiger partial charge in [-0.05, 0) is 37.2 Å². The fraction of sp³-hybridized carbons (Fsp3) is 1.00. The molecule has 1 fully saturated rings. The monoisotopic (exact) mass is 173 g/mol. The quantitative estimate of drug-likeness (QED) is 0.708. The van der Waals surface area contributed by atoms with Gasteiger partial charge in [0.15, 0.2) is 0 Å². The minimum atomic E-state index is 0.510. The van der Waals surface area contributed by atoms with Gasteiger partial charge in [0, 0.05) is 6.04 Å². The van der Waals surface area contributed by atoms with Gasteiger partial charge in [0.1, 0.15) is 0 Å². The first-order chi connectivity index (χ1) is 5.34. The summed E-state index contributed by atoms with van der Waals surface area (Å²) in [5.74, 6) is 2.12. The Morgan fingerprint density at radius 3 is 2.73 bits per heavy atom. The van der Waals surface area contributed by atoms with E-state index < -0.39 is 0 Å². The van der Waals surface area contributed by atoms with Gasteiger partial charge in [0.25, 0.3) is 0 Å². The molecule has 0 heterocycles. The zero-order valence-corrected chi connectivity index (χ0v) is 8.20. The lowest BCUT2D eigenvalue weighted by Crippen LogP contribution is -2.33. The highest BCUT2D eigenvalue weighted by Crippen LogP contribution is 2.26. The molecule has 0 amide bonds. The van der Waals surface area contributed by atoms with Gasteiger partial charge >= 0.3 is 0 Å². The second-order valence-electron chi connectivity index (χ2n) is 3.49. The van der Waals surface area contributed by atoms with Gasteiger partial charge in [-0.1, -0.05) is 12.8 Å². The molecule has 2 heteroatoms. The van der Waals surface area contributed by atoms with Crippen LogP contribution in [0.1, 0.15) is 32.1 Å². The van der Waals surface area contributed by atoms with Gasteiger partial charge in [-0.15, -0.1) is 0 Å². The molecule has 0 bridgehead atoms. The summed E-state index contributed by atoms with van der Waals surface area (Å²) < 4.78 is 0. The minimum Gasteiger partial charge on any atom is -0.327 e. The fourth-order valence-corrected chi connectivity index (χ4v) is 2.40. The molecule has 1 rings (SSSR count). The molecular formula is C9H19NS. The molecule has 0 radical (unpaired) electrons. The zero-order chi connectivity index (χ0) is 8.10. The SMILES string of the molecule is CSCCC1CCCCC1N. The molecule has 1 saturated carbocycles. The Morgan fingerprint density at radius 2 is 2.09 bits per heavy atom. The van der Waals surface area contributed by atoms with Gasteiger partial charge in [0.05, 0.1) is 0 Å². The van der Waals surface area contributed by atoms with Crippen molar-refractivity contribution in [3.8, 4) is 0 Å². The van der Waals surface area contributed by atoms with Crippen LogP contribution in [0, 0.1) is 5.92 Å². The van der Waals surface area contributed by atoms with Gasteiger partial charge in [-0.3, -0.25) is 0 Å². The first-order valence-electron chi connectivity index (χ1n) is 4.59. The molecule has 1 aliphatic carbocycles. The van der Waals surface area contributed by atoms with E-state index in [2.05, 4.69) is 6.26 Å². The van der Waals surface area contributed by atoms with Crippen molar-refractivity contribution in [3.05, 3.63) is 0 Å². The minimum absolute atomic E-state index is 0.510. The number of hydrogen-bond acceptors (Lipinski definition) is 2. The Balaban J connectivity index is 2.18. The maximum Gasteiger partial charge on any atom is 0.00674 e. The lowest BCUT2D eigenvalue weighted by atomic mass is 9.83. The van der Waals surface area contributed by atoms with Crippen LogP contribution in [0.2, 0.25) is 0 Å². The van der Waals surface area contributed by atoms with Gasteiger partial charge in [-0.2, -0.15) is 11.8 Å². The fourth-order valence-electron chi connectivity index (χ4n) is 1.86. The van der Waals surface area contributed by atoms with Crippen LogP contribution in [0.15, 0.2) is 0 Å². The summed E-state index contributed by atoms with van der Waals surface area (Å²) in [4.78, 5) is 0. The third-order valence-electron chi connectivity index (χ3n) is 2.66. The molecule has 1 nitrogen and oxygen atoms in total. The first-order valence-corrected chi connectivity index (χ1v) is 5.98. The average molecular weight is 173 g/mol. The molecule has 0 aliphatic heterocycles. The Labute approximate surface area is 74.1 Å². The molecule has 0 spiro atoms. The number of thioether (sulfide) groups is 1. The molecule has 0 aromatic heterocycles. The van der Waals surface area contributed by atoms with Crippen LogP contribution in [0.25, 0.3) is 0 Å². The van der Waals surface area contributed by atoms with Crippen molar-refractivity contribution in [1.29, 1.82) is 0 Å². The largest absolute Gasteiger partial charge is 0.327 e. The van der Waals surface area contributed by atoms with Crippen molar-refractivity contribution >= 4 is 11.8 Å². The second kappa shape index (κ2) is 5.04. The highest BCUT2D eigenvalue weighted by atomic mass is 32.2. The summed E-state index contributed by atoms with van der Waals surface area (Å²) in [6.45, 7) is 0. The average Bonchev–Trinajstić information content (AvgIpc) is 2.03. The molecule has 0 aromatic rings. The molecule has 0 saturated heterocycles. The maximum absolute atomic E-state index is 6.01. The van der Waals surface area contributed by atoms with Crippen molar-refractivity contribution in [3.63, 3.8) is 0 Å². The Morgan fingerprint density at radius 1 is 1.36 bits per heavy atom. The second-order valence-corrected chi connectivity index (χ2v) is 4.48. The molecule has 11 heavy (non-hydrogen) atoms. The lowest BCUT2D eigenvalue weighted by molar-refractivity contribution is 0.302. The number of hydrogen-bond donors (Lipinski definition) is 1. The predicted octanol–water partition coefficient (Wildman–Crippen LogP) is 2.26. The van der Waals surface area contributed by atoms with E-state index in [0.717, 1.165) is 5.92 Å². The van der Waals surface area contributed by atoms with Gasteiger partial charge in [0.2, 0.25) is 0 Å². The Hall–Kier alpha value is 0.310. The number of nitrogens with two attached hydrogens (primary N) is 1.